The van der Waals surface area contributed by atoms with Crippen molar-refractivity contribution in [1.29, 1.82) is 0 Å². The van der Waals surface area contributed by atoms with Gasteiger partial charge in [0.25, 0.3) is 11.8 Å². The van der Waals surface area contributed by atoms with Gasteiger partial charge in [-0.1, -0.05) is 11.6 Å². The van der Waals surface area contributed by atoms with Crippen LogP contribution in [0.5, 0.6) is 0 Å². The van der Waals surface area contributed by atoms with Crippen LogP contribution < -0.4 is 0 Å². The Labute approximate surface area is 140 Å². The molecule has 2 heterocycles. The Morgan fingerprint density at radius 3 is 2.65 bits per heavy atom. The van der Waals surface area contributed by atoms with Crippen LogP contribution in [-0.4, -0.2) is 57.9 Å². The molecule has 0 atom stereocenters. The summed E-state index contributed by atoms with van der Waals surface area (Å²) in [7, 11) is 1.74. The number of hydrazine groups is 1. The summed E-state index contributed by atoms with van der Waals surface area (Å²) in [6.45, 7) is 5.13. The molecule has 0 spiro atoms. The van der Waals surface area contributed by atoms with Crippen LogP contribution in [0.4, 0.5) is 0 Å². The first-order chi connectivity index (χ1) is 11.0. The molecule has 1 fully saturated rings. The number of halogens is 1. The van der Waals surface area contributed by atoms with Crippen molar-refractivity contribution in [3.63, 3.8) is 0 Å². The predicted octanol–water partition coefficient (Wildman–Crippen LogP) is 1.41. The zero-order valence-corrected chi connectivity index (χ0v) is 14.3. The molecule has 8 heteroatoms. The van der Waals surface area contributed by atoms with Gasteiger partial charge >= 0.3 is 0 Å². The lowest BCUT2D eigenvalue weighted by Crippen LogP contribution is -2.45. The molecular weight excluding hydrogens is 320 g/mol. The second-order valence-corrected chi connectivity index (χ2v) is 5.57. The van der Waals surface area contributed by atoms with Crippen molar-refractivity contribution in [2.75, 3.05) is 26.3 Å². The van der Waals surface area contributed by atoms with Crippen LogP contribution in [0.2, 0.25) is 5.15 Å². The lowest BCUT2D eigenvalue weighted by molar-refractivity contribution is -0.157. The molecule has 2 rings (SSSR count). The third-order valence-electron chi connectivity index (χ3n) is 3.59. The van der Waals surface area contributed by atoms with Gasteiger partial charge in [-0.05, 0) is 26.3 Å². The van der Waals surface area contributed by atoms with E-state index in [1.54, 1.807) is 17.8 Å². The number of aryl methyl sites for hydroxylation is 2. The monoisotopic (exact) mass is 340 g/mol. The highest BCUT2D eigenvalue weighted by atomic mass is 35.5. The largest absolute Gasteiger partial charge is 0.372 e. The molecular formula is C15H21ClN4O3. The molecule has 126 valence electrons. The number of hydrogen-bond donors (Lipinski definition) is 0. The van der Waals surface area contributed by atoms with E-state index in [0.29, 0.717) is 30.4 Å². The summed E-state index contributed by atoms with van der Waals surface area (Å²) in [5, 5.41) is 7.55. The van der Waals surface area contributed by atoms with Crippen LogP contribution in [0.15, 0.2) is 6.08 Å². The molecule has 0 aliphatic carbocycles. The van der Waals surface area contributed by atoms with Crippen molar-refractivity contribution in [1.82, 2.24) is 19.8 Å². The van der Waals surface area contributed by atoms with Gasteiger partial charge in [0, 0.05) is 38.4 Å². The Bertz CT molecular complexity index is 626. The minimum absolute atomic E-state index is 0.0163. The van der Waals surface area contributed by atoms with Crippen LogP contribution in [-0.2, 0) is 21.4 Å². The normalized spacial score (nSPS) is 15.0. The number of amides is 2. The first kappa shape index (κ1) is 17.5. The zero-order valence-electron chi connectivity index (χ0n) is 13.6. The lowest BCUT2D eigenvalue weighted by atomic mass is 10.2. The summed E-state index contributed by atoms with van der Waals surface area (Å²) >= 11 is 6.14. The van der Waals surface area contributed by atoms with Gasteiger partial charge in [-0.2, -0.15) is 5.10 Å². The fourth-order valence-corrected chi connectivity index (χ4v) is 2.68. The van der Waals surface area contributed by atoms with Gasteiger partial charge in [0.1, 0.15) is 11.8 Å². The molecule has 1 aliphatic heterocycles. The maximum atomic E-state index is 12.4. The Morgan fingerprint density at radius 2 is 2.04 bits per heavy atom. The van der Waals surface area contributed by atoms with E-state index >= 15 is 0 Å². The summed E-state index contributed by atoms with van der Waals surface area (Å²) in [4.78, 5) is 24.4. The maximum absolute atomic E-state index is 12.4. The van der Waals surface area contributed by atoms with Gasteiger partial charge in [0.2, 0.25) is 0 Å². The quantitative estimate of drug-likeness (QED) is 0.760. The van der Waals surface area contributed by atoms with E-state index in [-0.39, 0.29) is 18.4 Å². The van der Waals surface area contributed by atoms with E-state index in [2.05, 4.69) is 5.10 Å². The number of carbonyl (C=O) groups excluding carboxylic acids is 2. The van der Waals surface area contributed by atoms with Crippen molar-refractivity contribution in [2.45, 2.75) is 20.3 Å². The van der Waals surface area contributed by atoms with E-state index in [0.717, 1.165) is 12.1 Å². The zero-order chi connectivity index (χ0) is 17.0. The van der Waals surface area contributed by atoms with Crippen molar-refractivity contribution < 1.29 is 14.3 Å². The molecule has 0 N–H and O–H groups in total. The van der Waals surface area contributed by atoms with Crippen LogP contribution >= 0.6 is 11.6 Å². The minimum atomic E-state index is -0.258. The highest BCUT2D eigenvalue weighted by Gasteiger charge is 2.29. The molecule has 1 aliphatic rings. The van der Waals surface area contributed by atoms with E-state index in [1.807, 2.05) is 13.8 Å². The van der Waals surface area contributed by atoms with Gasteiger partial charge in [0.05, 0.1) is 5.69 Å². The van der Waals surface area contributed by atoms with Crippen molar-refractivity contribution in [2.24, 2.45) is 7.05 Å². The average Bonchev–Trinajstić information content (AvgIpc) is 3.09. The summed E-state index contributed by atoms with van der Waals surface area (Å²) in [5.74, 6) is -0.464. The highest BCUT2D eigenvalue weighted by Crippen LogP contribution is 2.20. The third-order valence-corrected chi connectivity index (χ3v) is 4.04. The minimum Gasteiger partial charge on any atom is -0.372 e. The van der Waals surface area contributed by atoms with E-state index in [9.17, 15) is 9.59 Å². The summed E-state index contributed by atoms with van der Waals surface area (Å²) in [6, 6.07) is 0. The molecule has 7 nitrogen and oxygen atoms in total. The van der Waals surface area contributed by atoms with Gasteiger partial charge in [-0.25, -0.2) is 10.0 Å². The van der Waals surface area contributed by atoms with Gasteiger partial charge in [0.15, 0.2) is 0 Å². The number of nitrogens with zero attached hydrogens (tertiary/aromatic N) is 4. The van der Waals surface area contributed by atoms with Crippen molar-refractivity contribution >= 4 is 29.5 Å². The fraction of sp³-hybridized carbons (Fsp3) is 0.533. The first-order valence-electron chi connectivity index (χ1n) is 7.52. The number of hydrogen-bond acceptors (Lipinski definition) is 4. The van der Waals surface area contributed by atoms with Crippen LogP contribution in [0.1, 0.15) is 24.6 Å². The summed E-state index contributed by atoms with van der Waals surface area (Å²) < 4.78 is 6.67. The molecule has 23 heavy (non-hydrogen) atoms. The Morgan fingerprint density at radius 1 is 1.35 bits per heavy atom. The van der Waals surface area contributed by atoms with Gasteiger partial charge < -0.3 is 4.74 Å². The number of carbonyl (C=O) groups is 2. The molecule has 0 saturated carbocycles. The predicted molar refractivity (Wildman–Crippen MR) is 86.5 cm³/mol. The standard InChI is InChI=1S/C15H21ClN4O3/c1-4-23-10-14(22)20-9-5-8-19(20)13(21)7-6-12-11(2)17-18(3)15(12)16/h6-7H,4-5,8-10H2,1-3H3. The lowest BCUT2D eigenvalue weighted by Gasteiger charge is -2.26. The van der Waals surface area contributed by atoms with E-state index < -0.39 is 0 Å². The Balaban J connectivity index is 2.07. The van der Waals surface area contributed by atoms with Crippen molar-refractivity contribution in [3.05, 3.63) is 22.5 Å². The summed E-state index contributed by atoms with van der Waals surface area (Å²) in [5.41, 5.74) is 1.45. The molecule has 0 aromatic carbocycles. The molecule has 1 saturated heterocycles. The smallest absolute Gasteiger partial charge is 0.267 e. The molecule has 0 bridgehead atoms. The van der Waals surface area contributed by atoms with Crippen LogP contribution in [0, 0.1) is 6.92 Å². The van der Waals surface area contributed by atoms with Crippen molar-refractivity contribution in [3.8, 4) is 0 Å². The first-order valence-corrected chi connectivity index (χ1v) is 7.90. The van der Waals surface area contributed by atoms with Gasteiger partial charge in [-0.3, -0.25) is 14.3 Å². The molecule has 0 unspecified atom stereocenters. The highest BCUT2D eigenvalue weighted by molar-refractivity contribution is 6.31. The SMILES string of the molecule is CCOCC(=O)N1CCCN1C(=O)C=Cc1c(C)nn(C)c1Cl. The molecule has 0 radical (unpaired) electrons. The number of rotatable bonds is 5. The van der Waals surface area contributed by atoms with E-state index in [1.165, 1.54) is 16.1 Å². The fourth-order valence-electron chi connectivity index (χ4n) is 2.44. The second-order valence-electron chi connectivity index (χ2n) is 5.22. The Hall–Kier alpha value is -1.86. The molecule has 1 aromatic rings. The van der Waals surface area contributed by atoms with E-state index in [4.69, 9.17) is 16.3 Å². The van der Waals surface area contributed by atoms with Crippen LogP contribution in [0.25, 0.3) is 6.08 Å². The molecule has 2 amide bonds. The van der Waals surface area contributed by atoms with Crippen LogP contribution in [0.3, 0.4) is 0 Å². The second kappa shape index (κ2) is 7.61. The van der Waals surface area contributed by atoms with Gasteiger partial charge in [-0.15, -0.1) is 0 Å². The maximum Gasteiger partial charge on any atom is 0.267 e. The summed E-state index contributed by atoms with van der Waals surface area (Å²) in [6.07, 6.45) is 3.81. The topological polar surface area (TPSA) is 67.7 Å². The number of ether oxygens (including phenoxy) is 1. The number of aromatic nitrogens is 2. The molecule has 1 aromatic heterocycles. The average molecular weight is 341 g/mol. The Kier molecular flexibility index (Phi) is 5.79. The third kappa shape index (κ3) is 3.92.